The van der Waals surface area contributed by atoms with Gasteiger partial charge in [0.2, 0.25) is 23.6 Å². The highest BCUT2D eigenvalue weighted by atomic mass is 16.2. The van der Waals surface area contributed by atoms with Crippen molar-refractivity contribution in [1.82, 2.24) is 14.8 Å². The number of carbonyl (C=O) groups excluding carboxylic acids is 6. The number of carbonyl (C=O) groups is 6. The highest BCUT2D eigenvalue weighted by Crippen LogP contribution is 2.32. The van der Waals surface area contributed by atoms with Gasteiger partial charge in [-0.3, -0.25) is 29.0 Å². The van der Waals surface area contributed by atoms with Crippen LogP contribution in [0.4, 0.5) is 0 Å². The van der Waals surface area contributed by atoms with E-state index in [9.17, 15) is 28.8 Å². The minimum Gasteiger partial charge on any atom is -0.329 e. The molecule has 0 aromatic carbocycles. The first-order valence-corrected chi connectivity index (χ1v) is 12.9. The van der Waals surface area contributed by atoms with Crippen LogP contribution in [0.3, 0.4) is 0 Å². The van der Waals surface area contributed by atoms with E-state index in [1.807, 2.05) is 41.5 Å². The van der Waals surface area contributed by atoms with Gasteiger partial charge in [0.15, 0.2) is 0 Å². The van der Waals surface area contributed by atoms with Crippen LogP contribution in [-0.2, 0) is 28.8 Å². The van der Waals surface area contributed by atoms with Crippen LogP contribution in [-0.4, -0.2) is 94.1 Å². The summed E-state index contributed by atoms with van der Waals surface area (Å²) < 4.78 is -0.184. The Morgan fingerprint density at radius 1 is 0.564 bits per heavy atom. The van der Waals surface area contributed by atoms with Gasteiger partial charge in [0.05, 0.1) is 19.4 Å². The molecular weight excluding hydrogens is 502 g/mol. The standard InChI is InChI=1S/C12H16N3O4.C6H10N2O2.3C2H6.4CH4/c16-9-1-2-10(17)14(9)6-5-13-7-8-15(13)11(18)3-4-12(15)19;7-3-4-8-5(9)1-2-6(8)10;3*1-2;;;;/h1-8H2;1-4,7H2;3*1-2H3;4*1H4/q+1;;;;;;;;. The summed E-state index contributed by atoms with van der Waals surface area (Å²) in [6.07, 6.45) is 1.87. The molecule has 0 saturated carbocycles. The summed E-state index contributed by atoms with van der Waals surface area (Å²) in [5.41, 5.74) is 5.19. The molecule has 0 atom stereocenters. The van der Waals surface area contributed by atoms with E-state index in [0.717, 1.165) is 0 Å². The second kappa shape index (κ2) is 23.4. The molecule has 4 heterocycles. The van der Waals surface area contributed by atoms with Crippen LogP contribution in [0.25, 0.3) is 0 Å². The minimum atomic E-state index is -0.184. The third-order valence-electron chi connectivity index (χ3n) is 5.79. The quantitative estimate of drug-likeness (QED) is 0.395. The van der Waals surface area contributed by atoms with Crippen LogP contribution in [0.5, 0.6) is 0 Å². The lowest BCUT2D eigenvalue weighted by molar-refractivity contribution is -0.944. The number of imide groups is 3. The normalized spacial score (nSPS) is 18.2. The molecule has 0 aromatic rings. The van der Waals surface area contributed by atoms with Crippen LogP contribution in [0.2, 0.25) is 0 Å². The van der Waals surface area contributed by atoms with Crippen molar-refractivity contribution in [3.8, 4) is 0 Å². The third-order valence-corrected chi connectivity index (χ3v) is 5.79. The number of likely N-dealkylation sites (tertiary alicyclic amines) is 2. The lowest BCUT2D eigenvalue weighted by atomic mass is 10.3. The van der Waals surface area contributed by atoms with Crippen molar-refractivity contribution in [2.24, 2.45) is 5.73 Å². The Morgan fingerprint density at radius 3 is 1.18 bits per heavy atom. The molecule has 2 N–H and O–H groups in total. The molecule has 39 heavy (non-hydrogen) atoms. The molecular formula is C28H60N5O6+. The maximum Gasteiger partial charge on any atom is 0.341 e. The van der Waals surface area contributed by atoms with Crippen LogP contribution in [0.1, 0.15) is 110 Å². The Kier molecular flexibility index (Phi) is 27.8. The smallest absolute Gasteiger partial charge is 0.329 e. The van der Waals surface area contributed by atoms with Crippen molar-refractivity contribution < 1.29 is 33.4 Å². The Hall–Kier alpha value is -2.50. The number of nitrogens with zero attached hydrogens (tertiary/aromatic N) is 4. The van der Waals surface area contributed by atoms with Crippen molar-refractivity contribution >= 4 is 35.4 Å². The van der Waals surface area contributed by atoms with Gasteiger partial charge in [0, 0.05) is 45.3 Å². The zero-order valence-corrected chi connectivity index (χ0v) is 22.3. The van der Waals surface area contributed by atoms with E-state index in [2.05, 4.69) is 0 Å². The number of rotatable bonds is 5. The molecule has 4 fully saturated rings. The zero-order valence-electron chi connectivity index (χ0n) is 22.3. The predicted octanol–water partition coefficient (Wildman–Crippen LogP) is 3.75. The summed E-state index contributed by atoms with van der Waals surface area (Å²) in [5.74, 6) is -0.608. The number of amides is 6. The summed E-state index contributed by atoms with van der Waals surface area (Å²) in [6, 6.07) is 0. The summed E-state index contributed by atoms with van der Waals surface area (Å²) >= 11 is 0. The van der Waals surface area contributed by atoms with Gasteiger partial charge in [-0.2, -0.15) is 0 Å². The molecule has 6 amide bonds. The fourth-order valence-corrected chi connectivity index (χ4v) is 4.10. The molecule has 4 saturated heterocycles. The molecule has 0 bridgehead atoms. The van der Waals surface area contributed by atoms with Crippen molar-refractivity contribution in [3.05, 3.63) is 0 Å². The number of quaternary nitrogens is 1. The van der Waals surface area contributed by atoms with E-state index >= 15 is 0 Å². The largest absolute Gasteiger partial charge is 0.341 e. The predicted molar refractivity (Wildman–Crippen MR) is 158 cm³/mol. The first-order valence-electron chi connectivity index (χ1n) is 12.9. The number of hydrogen-bond acceptors (Lipinski definition) is 8. The highest BCUT2D eigenvalue weighted by Gasteiger charge is 2.60. The highest BCUT2D eigenvalue weighted by molar-refractivity contribution is 6.02. The summed E-state index contributed by atoms with van der Waals surface area (Å²) in [5, 5.41) is 1.77. The van der Waals surface area contributed by atoms with Crippen LogP contribution < -0.4 is 5.73 Å². The van der Waals surface area contributed by atoms with E-state index in [1.165, 1.54) is 9.80 Å². The first-order chi connectivity index (χ1) is 16.8. The van der Waals surface area contributed by atoms with Crippen LogP contribution >= 0.6 is 0 Å². The second-order valence-corrected chi connectivity index (χ2v) is 7.40. The summed E-state index contributed by atoms with van der Waals surface area (Å²) in [7, 11) is 0. The second-order valence-electron chi connectivity index (χ2n) is 7.40. The molecule has 0 unspecified atom stereocenters. The van der Waals surface area contributed by atoms with E-state index in [-0.39, 0.29) is 89.1 Å². The summed E-state index contributed by atoms with van der Waals surface area (Å²) in [6.45, 7) is 14.6. The molecule has 0 radical (unpaired) electrons. The van der Waals surface area contributed by atoms with Crippen molar-refractivity contribution in [1.29, 1.82) is 0 Å². The average Bonchev–Trinajstić information content (AvgIpc) is 3.49. The fourth-order valence-electron chi connectivity index (χ4n) is 4.10. The Balaban J connectivity index is -0.000000167. The van der Waals surface area contributed by atoms with E-state index in [0.29, 0.717) is 58.4 Å². The van der Waals surface area contributed by atoms with E-state index in [1.54, 1.807) is 5.01 Å². The monoisotopic (exact) mass is 562 g/mol. The maximum absolute atomic E-state index is 11.9. The molecule has 11 heteroatoms. The Labute approximate surface area is 238 Å². The number of hydrogen-bond donors (Lipinski definition) is 1. The molecule has 1 spiro atoms. The first kappa shape index (κ1) is 46.4. The van der Waals surface area contributed by atoms with Gasteiger partial charge >= 0.3 is 11.8 Å². The maximum atomic E-state index is 11.9. The average molecular weight is 563 g/mol. The molecule has 11 nitrogen and oxygen atoms in total. The lowest BCUT2D eigenvalue weighted by Gasteiger charge is -2.46. The van der Waals surface area contributed by atoms with E-state index < -0.39 is 0 Å². The van der Waals surface area contributed by atoms with Gasteiger partial charge in [-0.15, -0.1) is 9.60 Å². The summed E-state index contributed by atoms with van der Waals surface area (Å²) in [4.78, 5) is 70.9. The molecule has 0 aliphatic carbocycles. The van der Waals surface area contributed by atoms with Gasteiger partial charge in [-0.25, -0.2) is 9.59 Å². The minimum absolute atomic E-state index is 0. The molecule has 4 aliphatic rings. The van der Waals surface area contributed by atoms with E-state index in [4.69, 9.17) is 5.73 Å². The molecule has 232 valence electrons. The Bertz CT molecular complexity index is 724. The Morgan fingerprint density at radius 2 is 0.897 bits per heavy atom. The van der Waals surface area contributed by atoms with Crippen LogP contribution in [0.15, 0.2) is 0 Å². The number of nitrogens with two attached hydrogens (primary N) is 1. The van der Waals surface area contributed by atoms with Crippen LogP contribution in [0, 0.1) is 0 Å². The lowest BCUT2D eigenvalue weighted by Crippen LogP contribution is -2.75. The SMILES string of the molecule is C.C.C.C.CC.CC.CC.NCCN1C(=O)CCC1=O.O=C1CCC(=O)N1CCN1CC[N+]12C(=O)CCC2=O. The van der Waals surface area contributed by atoms with Crippen molar-refractivity contribution in [2.75, 3.05) is 39.3 Å². The van der Waals surface area contributed by atoms with Gasteiger partial charge in [-0.05, 0) is 0 Å². The van der Waals surface area contributed by atoms with Gasteiger partial charge < -0.3 is 5.73 Å². The van der Waals surface area contributed by atoms with Gasteiger partial charge in [-0.1, -0.05) is 71.2 Å². The van der Waals surface area contributed by atoms with Crippen molar-refractivity contribution in [2.45, 2.75) is 110 Å². The zero-order chi connectivity index (χ0) is 27.2. The topological polar surface area (TPSA) is 138 Å². The van der Waals surface area contributed by atoms with Gasteiger partial charge in [0.1, 0.15) is 13.1 Å². The van der Waals surface area contributed by atoms with Crippen molar-refractivity contribution in [3.63, 3.8) is 0 Å². The van der Waals surface area contributed by atoms with Gasteiger partial charge in [0.25, 0.3) is 0 Å². The third kappa shape index (κ3) is 10.9. The molecule has 4 aliphatic heterocycles. The fraction of sp³-hybridized carbons (Fsp3) is 0.786. The molecule has 4 rings (SSSR count). The molecule has 0 aromatic heterocycles.